The zero-order chi connectivity index (χ0) is 21.6. The molecule has 1 aromatic rings. The van der Waals surface area contributed by atoms with Crippen molar-refractivity contribution in [2.75, 3.05) is 33.8 Å². The third-order valence-corrected chi connectivity index (χ3v) is 6.56. The molecule has 1 aromatic carbocycles. The second kappa shape index (κ2) is 9.84. The Hall–Kier alpha value is -2.46. The van der Waals surface area contributed by atoms with Crippen molar-refractivity contribution in [3.63, 3.8) is 0 Å². The number of benzene rings is 1. The highest BCUT2D eigenvalue weighted by Gasteiger charge is 2.38. The van der Waals surface area contributed by atoms with Crippen LogP contribution in [-0.2, 0) is 29.1 Å². The van der Waals surface area contributed by atoms with Gasteiger partial charge in [0.1, 0.15) is 6.04 Å². The van der Waals surface area contributed by atoms with Crippen molar-refractivity contribution in [3.05, 3.63) is 29.8 Å². The Morgan fingerprint density at radius 1 is 1.17 bits per heavy atom. The molecule has 1 atom stereocenters. The van der Waals surface area contributed by atoms with Gasteiger partial charge in [-0.2, -0.15) is 4.31 Å². The van der Waals surface area contributed by atoms with Crippen LogP contribution in [0.5, 0.6) is 0 Å². The smallest absolute Gasteiger partial charge is 0.324 e. The van der Waals surface area contributed by atoms with E-state index in [9.17, 15) is 22.8 Å². The van der Waals surface area contributed by atoms with Gasteiger partial charge >= 0.3 is 5.97 Å². The Kier molecular flexibility index (Phi) is 7.74. The molecule has 0 aromatic heterocycles. The molecular weight excluding hydrogens is 398 g/mol. The number of esters is 1. The number of amides is 2. The third kappa shape index (κ3) is 6.01. The van der Waals surface area contributed by atoms with Gasteiger partial charge in [-0.15, -0.1) is 0 Å². The fourth-order valence-electron chi connectivity index (χ4n) is 2.89. The molecular formula is C19H27N3O6S. The Morgan fingerprint density at radius 2 is 1.83 bits per heavy atom. The number of likely N-dealkylation sites (N-methyl/N-ethyl adjacent to an activating group) is 1. The van der Waals surface area contributed by atoms with E-state index in [1.54, 1.807) is 26.2 Å². The molecule has 1 aliphatic heterocycles. The Labute approximate surface area is 171 Å². The predicted molar refractivity (Wildman–Crippen MR) is 105 cm³/mol. The largest absolute Gasteiger partial charge is 0.454 e. The maximum Gasteiger partial charge on any atom is 0.324 e. The number of ether oxygens (including phenoxy) is 1. The molecule has 0 unspecified atom stereocenters. The molecule has 1 heterocycles. The highest BCUT2D eigenvalue weighted by Crippen LogP contribution is 2.26. The second-order valence-electron chi connectivity index (χ2n) is 7.11. The molecule has 0 spiro atoms. The number of piperidine rings is 1. The molecule has 0 aliphatic carbocycles. The lowest BCUT2D eigenvalue weighted by atomic mass is 10.1. The Balaban J connectivity index is 2.01. The molecule has 1 saturated heterocycles. The van der Waals surface area contributed by atoms with Gasteiger partial charge in [0.15, 0.2) is 6.61 Å². The lowest BCUT2D eigenvalue weighted by Gasteiger charge is -2.33. The number of rotatable bonds is 7. The molecule has 9 nitrogen and oxygen atoms in total. The number of aryl methyl sites for hydroxylation is 1. The maximum atomic E-state index is 13.0. The number of nitrogens with one attached hydrogen (secondary N) is 1. The Bertz CT molecular complexity index is 851. The molecule has 10 heteroatoms. The molecule has 1 N–H and O–H groups in total. The van der Waals surface area contributed by atoms with Gasteiger partial charge in [0.2, 0.25) is 15.9 Å². The normalized spacial score (nSPS) is 17.4. The van der Waals surface area contributed by atoms with Crippen LogP contribution < -0.4 is 5.32 Å². The maximum absolute atomic E-state index is 13.0. The van der Waals surface area contributed by atoms with Crippen molar-refractivity contribution in [1.82, 2.24) is 14.5 Å². The molecule has 1 aliphatic rings. The van der Waals surface area contributed by atoms with Gasteiger partial charge in [-0.1, -0.05) is 17.7 Å². The van der Waals surface area contributed by atoms with Crippen LogP contribution in [0.4, 0.5) is 0 Å². The molecule has 0 radical (unpaired) electrons. The standard InChI is InChI=1S/C19H27N3O6S/c1-14-7-9-15(10-8-14)29(26,27)22-11-5-4-6-16(22)19(25)28-13-17(23)20-12-18(24)21(2)3/h7-10,16H,4-6,11-13H2,1-3H3,(H,20,23)/t16-/m0/s1. The van der Waals surface area contributed by atoms with Gasteiger partial charge in [0.05, 0.1) is 11.4 Å². The van der Waals surface area contributed by atoms with Gasteiger partial charge in [0.25, 0.3) is 5.91 Å². The minimum atomic E-state index is -3.86. The van der Waals surface area contributed by atoms with Gasteiger partial charge in [0, 0.05) is 20.6 Å². The van der Waals surface area contributed by atoms with Gasteiger partial charge < -0.3 is 15.0 Å². The van der Waals surface area contributed by atoms with Crippen LogP contribution in [-0.4, -0.2) is 75.2 Å². The summed E-state index contributed by atoms with van der Waals surface area (Å²) in [5.41, 5.74) is 0.928. The molecule has 1 fully saturated rings. The summed E-state index contributed by atoms with van der Waals surface area (Å²) in [6.45, 7) is 1.28. The van der Waals surface area contributed by atoms with Gasteiger partial charge in [-0.3, -0.25) is 14.4 Å². The predicted octanol–water partition coefficient (Wildman–Crippen LogP) is 0.286. The summed E-state index contributed by atoms with van der Waals surface area (Å²) in [4.78, 5) is 37.2. The Morgan fingerprint density at radius 3 is 2.45 bits per heavy atom. The zero-order valence-corrected chi connectivity index (χ0v) is 17.7. The molecule has 29 heavy (non-hydrogen) atoms. The summed E-state index contributed by atoms with van der Waals surface area (Å²) in [5, 5.41) is 2.36. The van der Waals surface area contributed by atoms with E-state index >= 15 is 0 Å². The van der Waals surface area contributed by atoms with Crippen LogP contribution in [0.3, 0.4) is 0 Å². The first-order valence-electron chi connectivity index (χ1n) is 9.35. The lowest BCUT2D eigenvalue weighted by Crippen LogP contribution is -2.49. The minimum Gasteiger partial charge on any atom is -0.454 e. The average molecular weight is 426 g/mol. The fourth-order valence-corrected chi connectivity index (χ4v) is 4.54. The van der Waals surface area contributed by atoms with Crippen LogP contribution in [0.1, 0.15) is 24.8 Å². The summed E-state index contributed by atoms with van der Waals surface area (Å²) in [6.07, 6.45) is 1.65. The number of sulfonamides is 1. The second-order valence-corrected chi connectivity index (χ2v) is 9.00. The number of nitrogens with zero attached hydrogens (tertiary/aromatic N) is 2. The van der Waals surface area contributed by atoms with Crippen LogP contribution >= 0.6 is 0 Å². The molecule has 2 rings (SSSR count). The topological polar surface area (TPSA) is 113 Å². The zero-order valence-electron chi connectivity index (χ0n) is 16.9. The summed E-state index contributed by atoms with van der Waals surface area (Å²) in [5.74, 6) is -1.70. The molecule has 160 valence electrons. The van der Waals surface area contributed by atoms with E-state index in [2.05, 4.69) is 5.32 Å². The number of carbonyl (C=O) groups is 3. The van der Waals surface area contributed by atoms with Crippen LogP contribution in [0.2, 0.25) is 0 Å². The van der Waals surface area contributed by atoms with Crippen molar-refractivity contribution >= 4 is 27.8 Å². The minimum absolute atomic E-state index is 0.114. The van der Waals surface area contributed by atoms with Crippen molar-refractivity contribution in [2.24, 2.45) is 0 Å². The van der Waals surface area contributed by atoms with E-state index in [1.165, 1.54) is 17.0 Å². The van der Waals surface area contributed by atoms with Crippen LogP contribution in [0, 0.1) is 6.92 Å². The molecule has 0 saturated carbocycles. The van der Waals surface area contributed by atoms with E-state index in [0.717, 1.165) is 9.87 Å². The number of hydrogen-bond donors (Lipinski definition) is 1. The number of carbonyl (C=O) groups excluding carboxylic acids is 3. The molecule has 0 bridgehead atoms. The quantitative estimate of drug-likeness (QED) is 0.628. The van der Waals surface area contributed by atoms with Crippen LogP contribution in [0.15, 0.2) is 29.2 Å². The summed E-state index contributed by atoms with van der Waals surface area (Å²) < 4.78 is 32.2. The van der Waals surface area contributed by atoms with E-state index in [4.69, 9.17) is 4.74 Å². The third-order valence-electron chi connectivity index (χ3n) is 4.63. The van der Waals surface area contributed by atoms with Crippen molar-refractivity contribution in [3.8, 4) is 0 Å². The van der Waals surface area contributed by atoms with E-state index in [-0.39, 0.29) is 23.9 Å². The first-order chi connectivity index (χ1) is 13.6. The van der Waals surface area contributed by atoms with Crippen molar-refractivity contribution in [1.29, 1.82) is 0 Å². The highest BCUT2D eigenvalue weighted by molar-refractivity contribution is 7.89. The number of hydrogen-bond acceptors (Lipinski definition) is 6. The average Bonchev–Trinajstić information content (AvgIpc) is 2.70. The monoisotopic (exact) mass is 425 g/mol. The van der Waals surface area contributed by atoms with E-state index in [0.29, 0.717) is 19.3 Å². The van der Waals surface area contributed by atoms with Crippen LogP contribution in [0.25, 0.3) is 0 Å². The van der Waals surface area contributed by atoms with Crippen molar-refractivity contribution < 1.29 is 27.5 Å². The van der Waals surface area contributed by atoms with Gasteiger partial charge in [-0.25, -0.2) is 8.42 Å². The molecule has 2 amide bonds. The lowest BCUT2D eigenvalue weighted by molar-refractivity contribution is -0.153. The first kappa shape index (κ1) is 22.8. The fraction of sp³-hybridized carbons (Fsp3) is 0.526. The van der Waals surface area contributed by atoms with Crippen molar-refractivity contribution in [2.45, 2.75) is 37.1 Å². The summed E-state index contributed by atoms with van der Waals surface area (Å²) in [6, 6.07) is 5.44. The van der Waals surface area contributed by atoms with Gasteiger partial charge in [-0.05, 0) is 38.3 Å². The van der Waals surface area contributed by atoms with E-state index in [1.807, 2.05) is 6.92 Å². The highest BCUT2D eigenvalue weighted by atomic mass is 32.2. The SMILES string of the molecule is Cc1ccc(S(=O)(=O)N2CCCC[C@H]2C(=O)OCC(=O)NCC(=O)N(C)C)cc1. The summed E-state index contributed by atoms with van der Waals surface area (Å²) in [7, 11) is -0.748. The van der Waals surface area contributed by atoms with E-state index < -0.39 is 34.5 Å². The first-order valence-corrected chi connectivity index (χ1v) is 10.8. The summed E-state index contributed by atoms with van der Waals surface area (Å²) >= 11 is 0.